The first-order valence-corrected chi connectivity index (χ1v) is 6.19. The topological polar surface area (TPSA) is 59.0 Å². The predicted octanol–water partition coefficient (Wildman–Crippen LogP) is 1.62. The molecule has 5 nitrogen and oxygen atoms in total. The Hall–Kier alpha value is -1.59. The molecule has 19 heavy (non-hydrogen) atoms. The van der Waals surface area contributed by atoms with Crippen LogP contribution in [0.25, 0.3) is 0 Å². The number of nitrogens with zero attached hydrogens (tertiary/aromatic N) is 1. The van der Waals surface area contributed by atoms with Crippen LogP contribution in [0.5, 0.6) is 5.75 Å². The van der Waals surface area contributed by atoms with Gasteiger partial charge in [0, 0.05) is 13.1 Å². The average Bonchev–Trinajstić information content (AvgIpc) is 2.38. The summed E-state index contributed by atoms with van der Waals surface area (Å²) in [5.41, 5.74) is 1.15. The van der Waals surface area contributed by atoms with Gasteiger partial charge in [0.2, 0.25) is 0 Å². The summed E-state index contributed by atoms with van der Waals surface area (Å²) in [6.45, 7) is 3.37. The molecule has 1 rings (SSSR count). The molecule has 0 fully saturated rings. The van der Waals surface area contributed by atoms with Crippen LogP contribution in [-0.4, -0.2) is 49.4 Å². The number of likely N-dealkylation sites (N-methyl/N-ethyl adjacent to an activating group) is 1. The molecule has 1 aromatic carbocycles. The lowest BCUT2D eigenvalue weighted by Crippen LogP contribution is -2.27. The van der Waals surface area contributed by atoms with Crippen molar-refractivity contribution in [1.29, 1.82) is 0 Å². The van der Waals surface area contributed by atoms with Gasteiger partial charge in [-0.3, -0.25) is 4.90 Å². The van der Waals surface area contributed by atoms with Gasteiger partial charge >= 0.3 is 5.97 Å². The molecule has 1 aromatic rings. The van der Waals surface area contributed by atoms with Crippen LogP contribution < -0.4 is 4.74 Å². The van der Waals surface area contributed by atoms with Crippen LogP contribution in [0.1, 0.15) is 12.5 Å². The minimum atomic E-state index is -0.935. The summed E-state index contributed by atoms with van der Waals surface area (Å²) in [4.78, 5) is 12.7. The van der Waals surface area contributed by atoms with E-state index in [-0.39, 0.29) is 0 Å². The molecule has 1 unspecified atom stereocenters. The Morgan fingerprint density at radius 1 is 1.47 bits per heavy atom. The van der Waals surface area contributed by atoms with Crippen molar-refractivity contribution in [3.05, 3.63) is 29.8 Å². The Kier molecular flexibility index (Phi) is 6.32. The highest BCUT2D eigenvalue weighted by Crippen LogP contribution is 2.13. The van der Waals surface area contributed by atoms with E-state index in [1.165, 1.54) is 6.92 Å². The molecule has 1 atom stereocenters. The summed E-state index contributed by atoms with van der Waals surface area (Å²) < 4.78 is 10.4. The summed E-state index contributed by atoms with van der Waals surface area (Å²) in [5, 5.41) is 8.69. The van der Waals surface area contributed by atoms with E-state index in [9.17, 15) is 4.79 Å². The normalized spacial score (nSPS) is 12.4. The van der Waals surface area contributed by atoms with Gasteiger partial charge in [-0.15, -0.1) is 0 Å². The minimum absolute atomic E-state index is 0.397. The number of ether oxygens (including phenoxy) is 2. The zero-order valence-corrected chi connectivity index (χ0v) is 11.6. The van der Waals surface area contributed by atoms with E-state index in [2.05, 4.69) is 4.90 Å². The van der Waals surface area contributed by atoms with Crippen LogP contribution in [0, 0.1) is 0 Å². The van der Waals surface area contributed by atoms with Crippen molar-refractivity contribution in [3.8, 4) is 5.75 Å². The molecule has 0 saturated carbocycles. The summed E-state index contributed by atoms with van der Waals surface area (Å²) in [7, 11) is 3.61. The van der Waals surface area contributed by atoms with Gasteiger partial charge in [-0.1, -0.05) is 12.1 Å². The molecule has 0 bridgehead atoms. The van der Waals surface area contributed by atoms with Crippen LogP contribution >= 0.6 is 0 Å². The molecule has 1 N–H and O–H groups in total. The molecule has 0 radical (unpaired) electrons. The highest BCUT2D eigenvalue weighted by molar-refractivity contribution is 5.71. The molecule has 0 aliphatic heterocycles. The zero-order chi connectivity index (χ0) is 14.3. The predicted molar refractivity (Wildman–Crippen MR) is 72.4 cm³/mol. The molecule has 0 heterocycles. The van der Waals surface area contributed by atoms with Gasteiger partial charge in [-0.2, -0.15) is 0 Å². The lowest BCUT2D eigenvalue weighted by Gasteiger charge is -2.18. The number of carboxylic acids is 1. The Morgan fingerprint density at radius 3 is 2.84 bits per heavy atom. The molecule has 0 spiro atoms. The second-order valence-electron chi connectivity index (χ2n) is 4.44. The average molecular weight is 267 g/mol. The van der Waals surface area contributed by atoms with Gasteiger partial charge < -0.3 is 14.6 Å². The SMILES string of the molecule is COc1cccc(CN(C)CCOC(C)C(=O)O)c1. The quantitative estimate of drug-likeness (QED) is 0.775. The Bertz CT molecular complexity index is 408. The first kappa shape index (κ1) is 15.5. The summed E-state index contributed by atoms with van der Waals surface area (Å²) in [6.07, 6.45) is -0.759. The van der Waals surface area contributed by atoms with Crippen LogP contribution in [0.4, 0.5) is 0 Å². The molecular weight excluding hydrogens is 246 g/mol. The van der Waals surface area contributed by atoms with E-state index in [0.717, 1.165) is 17.9 Å². The summed E-state index contributed by atoms with van der Waals surface area (Å²) in [6, 6.07) is 7.86. The molecule has 0 aromatic heterocycles. The van der Waals surface area contributed by atoms with Gasteiger partial charge in [0.05, 0.1) is 13.7 Å². The van der Waals surface area contributed by atoms with E-state index < -0.39 is 12.1 Å². The second kappa shape index (κ2) is 7.76. The number of methoxy groups -OCH3 is 1. The van der Waals surface area contributed by atoms with Gasteiger partial charge in [-0.05, 0) is 31.7 Å². The van der Waals surface area contributed by atoms with E-state index in [1.807, 2.05) is 31.3 Å². The monoisotopic (exact) mass is 267 g/mol. The second-order valence-corrected chi connectivity index (χ2v) is 4.44. The zero-order valence-electron chi connectivity index (χ0n) is 11.6. The van der Waals surface area contributed by atoms with Gasteiger partial charge in [0.1, 0.15) is 5.75 Å². The van der Waals surface area contributed by atoms with Crippen LogP contribution in [0.2, 0.25) is 0 Å². The van der Waals surface area contributed by atoms with E-state index in [0.29, 0.717) is 13.2 Å². The Balaban J connectivity index is 2.34. The van der Waals surface area contributed by atoms with Crippen molar-refractivity contribution in [2.75, 3.05) is 27.3 Å². The number of hydrogen-bond donors (Lipinski definition) is 1. The lowest BCUT2D eigenvalue weighted by molar-refractivity contribution is -0.149. The number of aliphatic carboxylic acids is 1. The fraction of sp³-hybridized carbons (Fsp3) is 0.500. The van der Waals surface area contributed by atoms with Crippen molar-refractivity contribution in [3.63, 3.8) is 0 Å². The summed E-state index contributed by atoms with van der Waals surface area (Å²) in [5.74, 6) is -0.0999. The molecule has 0 amide bonds. The third-order valence-electron chi connectivity index (χ3n) is 2.78. The van der Waals surface area contributed by atoms with Gasteiger partial charge in [-0.25, -0.2) is 4.79 Å². The first-order chi connectivity index (χ1) is 9.02. The lowest BCUT2D eigenvalue weighted by atomic mass is 10.2. The third-order valence-corrected chi connectivity index (χ3v) is 2.78. The maximum atomic E-state index is 10.6. The largest absolute Gasteiger partial charge is 0.497 e. The fourth-order valence-electron chi connectivity index (χ4n) is 1.62. The molecule has 0 aliphatic rings. The fourth-order valence-corrected chi connectivity index (χ4v) is 1.62. The highest BCUT2D eigenvalue weighted by Gasteiger charge is 2.10. The number of benzene rings is 1. The maximum absolute atomic E-state index is 10.6. The molecule has 0 saturated heterocycles. The van der Waals surface area contributed by atoms with Crippen LogP contribution in [0.3, 0.4) is 0 Å². The van der Waals surface area contributed by atoms with Crippen molar-refractivity contribution < 1.29 is 19.4 Å². The molecular formula is C14H21NO4. The smallest absolute Gasteiger partial charge is 0.332 e. The maximum Gasteiger partial charge on any atom is 0.332 e. The Labute approximate surface area is 113 Å². The first-order valence-electron chi connectivity index (χ1n) is 6.19. The van der Waals surface area contributed by atoms with Crippen LogP contribution in [-0.2, 0) is 16.1 Å². The third kappa shape index (κ3) is 5.72. The van der Waals surface area contributed by atoms with E-state index in [1.54, 1.807) is 7.11 Å². The highest BCUT2D eigenvalue weighted by atomic mass is 16.5. The van der Waals surface area contributed by atoms with Crippen molar-refractivity contribution in [1.82, 2.24) is 4.90 Å². The van der Waals surface area contributed by atoms with Crippen molar-refractivity contribution in [2.24, 2.45) is 0 Å². The molecule has 106 valence electrons. The number of rotatable bonds is 8. The van der Waals surface area contributed by atoms with E-state index >= 15 is 0 Å². The summed E-state index contributed by atoms with van der Waals surface area (Å²) >= 11 is 0. The van der Waals surface area contributed by atoms with Crippen molar-refractivity contribution >= 4 is 5.97 Å². The minimum Gasteiger partial charge on any atom is -0.497 e. The standard InChI is InChI=1S/C14H21NO4/c1-11(14(16)17)19-8-7-15(2)10-12-5-4-6-13(9-12)18-3/h4-6,9,11H,7-8,10H2,1-3H3,(H,16,17). The molecule has 5 heteroatoms. The van der Waals surface area contributed by atoms with Crippen LogP contribution in [0.15, 0.2) is 24.3 Å². The molecule has 0 aliphatic carbocycles. The van der Waals surface area contributed by atoms with Crippen molar-refractivity contribution in [2.45, 2.75) is 19.6 Å². The van der Waals surface area contributed by atoms with Gasteiger partial charge in [0.25, 0.3) is 0 Å². The van der Waals surface area contributed by atoms with Gasteiger partial charge in [0.15, 0.2) is 6.10 Å². The number of carbonyl (C=O) groups is 1. The number of carboxylic acid groups (broad SMARTS) is 1. The van der Waals surface area contributed by atoms with E-state index in [4.69, 9.17) is 14.6 Å². The Morgan fingerprint density at radius 2 is 2.21 bits per heavy atom. The number of hydrogen-bond acceptors (Lipinski definition) is 4.